The molecule has 2 atom stereocenters. The summed E-state index contributed by atoms with van der Waals surface area (Å²) in [5.74, 6) is 5.53. The fourth-order valence-corrected chi connectivity index (χ4v) is 5.12. The quantitative estimate of drug-likeness (QED) is 0.717. The van der Waals surface area contributed by atoms with Crippen molar-refractivity contribution in [1.82, 2.24) is 9.80 Å². The average Bonchev–Trinajstić information content (AvgIpc) is 3.26. The number of carbonyl (C=O) groups is 1. The largest absolute Gasteiger partial charge is 0.376 e. The van der Waals surface area contributed by atoms with E-state index in [1.807, 2.05) is 11.8 Å². The van der Waals surface area contributed by atoms with Gasteiger partial charge in [-0.2, -0.15) is 11.8 Å². The lowest BCUT2D eigenvalue weighted by molar-refractivity contribution is -0.140. The molecule has 0 aromatic rings. The van der Waals surface area contributed by atoms with Gasteiger partial charge < -0.3 is 9.64 Å². The Balaban J connectivity index is 1.59. The van der Waals surface area contributed by atoms with Crippen LogP contribution in [-0.2, 0) is 9.53 Å². The van der Waals surface area contributed by atoms with E-state index in [2.05, 4.69) is 15.7 Å². The zero-order valence-corrected chi connectivity index (χ0v) is 14.7. The third-order valence-electron chi connectivity index (χ3n) is 5.31. The SMILES string of the molecule is C#CCN1CCC(C(=O)N(CC2CCCO2)C2CCSC2)CC1. The van der Waals surface area contributed by atoms with Crippen LogP contribution in [0.5, 0.6) is 0 Å². The van der Waals surface area contributed by atoms with Crippen molar-refractivity contribution in [3.63, 3.8) is 0 Å². The maximum absolute atomic E-state index is 13.1. The van der Waals surface area contributed by atoms with E-state index in [1.165, 1.54) is 5.75 Å². The molecule has 4 nitrogen and oxygen atoms in total. The Bertz CT molecular complexity index is 431. The Morgan fingerprint density at radius 2 is 2.13 bits per heavy atom. The maximum atomic E-state index is 13.1. The first-order chi connectivity index (χ1) is 11.3. The standard InChI is InChI=1S/C18H28N2O2S/c1-2-8-19-9-5-15(6-10-19)18(21)20(16-7-12-23-14-16)13-17-4-3-11-22-17/h1,15-17H,3-14H2. The van der Waals surface area contributed by atoms with Crippen LogP contribution < -0.4 is 0 Å². The first-order valence-electron chi connectivity index (χ1n) is 8.93. The van der Waals surface area contributed by atoms with Crippen LogP contribution in [0.4, 0.5) is 0 Å². The zero-order chi connectivity index (χ0) is 16.1. The van der Waals surface area contributed by atoms with Gasteiger partial charge in [-0.15, -0.1) is 6.42 Å². The predicted molar refractivity (Wildman–Crippen MR) is 94.4 cm³/mol. The van der Waals surface area contributed by atoms with Crippen LogP contribution in [0.15, 0.2) is 0 Å². The molecule has 3 saturated heterocycles. The van der Waals surface area contributed by atoms with Crippen molar-refractivity contribution in [2.45, 2.75) is 44.2 Å². The third kappa shape index (κ3) is 4.43. The summed E-state index contributed by atoms with van der Waals surface area (Å²) in [6, 6.07) is 0.417. The summed E-state index contributed by atoms with van der Waals surface area (Å²) in [7, 11) is 0. The lowest BCUT2D eigenvalue weighted by atomic mass is 9.94. The number of terminal acetylenes is 1. The number of hydrogen-bond donors (Lipinski definition) is 0. The Labute approximate surface area is 144 Å². The molecule has 3 aliphatic rings. The molecule has 0 radical (unpaired) electrons. The molecule has 0 aliphatic carbocycles. The molecule has 23 heavy (non-hydrogen) atoms. The van der Waals surface area contributed by atoms with Crippen molar-refractivity contribution in [2.24, 2.45) is 5.92 Å². The van der Waals surface area contributed by atoms with Crippen molar-refractivity contribution in [2.75, 3.05) is 44.3 Å². The van der Waals surface area contributed by atoms with Gasteiger partial charge in [0.2, 0.25) is 5.91 Å². The number of piperidine rings is 1. The second-order valence-corrected chi connectivity index (χ2v) is 8.05. The lowest BCUT2D eigenvalue weighted by Gasteiger charge is -2.37. The van der Waals surface area contributed by atoms with E-state index in [-0.39, 0.29) is 12.0 Å². The molecule has 0 N–H and O–H groups in total. The van der Waals surface area contributed by atoms with Crippen molar-refractivity contribution in [1.29, 1.82) is 0 Å². The molecular formula is C18H28N2O2S. The van der Waals surface area contributed by atoms with Gasteiger partial charge >= 0.3 is 0 Å². The summed E-state index contributed by atoms with van der Waals surface area (Å²) in [6.07, 6.45) is 10.9. The lowest BCUT2D eigenvalue weighted by Crippen LogP contribution is -2.49. The molecule has 128 valence electrons. The normalized spacial score (nSPS) is 29.5. The van der Waals surface area contributed by atoms with Gasteiger partial charge in [0.25, 0.3) is 0 Å². The van der Waals surface area contributed by atoms with Gasteiger partial charge in [-0.25, -0.2) is 0 Å². The predicted octanol–water partition coefficient (Wildman–Crippen LogP) is 1.84. The van der Waals surface area contributed by atoms with E-state index in [0.29, 0.717) is 18.5 Å². The minimum Gasteiger partial charge on any atom is -0.376 e. The van der Waals surface area contributed by atoms with Gasteiger partial charge in [-0.1, -0.05) is 5.92 Å². The van der Waals surface area contributed by atoms with E-state index in [9.17, 15) is 4.79 Å². The van der Waals surface area contributed by atoms with Crippen LogP contribution >= 0.6 is 11.8 Å². The van der Waals surface area contributed by atoms with Crippen LogP contribution in [0.25, 0.3) is 0 Å². The third-order valence-corrected chi connectivity index (χ3v) is 6.45. The molecule has 0 bridgehead atoms. The summed E-state index contributed by atoms with van der Waals surface area (Å²) in [6.45, 7) is 4.27. The summed E-state index contributed by atoms with van der Waals surface area (Å²) in [5.41, 5.74) is 0. The zero-order valence-electron chi connectivity index (χ0n) is 13.9. The van der Waals surface area contributed by atoms with Crippen LogP contribution in [0.1, 0.15) is 32.1 Å². The van der Waals surface area contributed by atoms with E-state index < -0.39 is 0 Å². The first kappa shape index (κ1) is 17.1. The highest BCUT2D eigenvalue weighted by atomic mass is 32.2. The number of thioether (sulfide) groups is 1. The number of hydrogen-bond acceptors (Lipinski definition) is 4. The number of carbonyl (C=O) groups excluding carboxylic acids is 1. The minimum absolute atomic E-state index is 0.177. The smallest absolute Gasteiger partial charge is 0.226 e. The summed E-state index contributed by atoms with van der Waals surface area (Å²) < 4.78 is 5.80. The minimum atomic E-state index is 0.177. The van der Waals surface area contributed by atoms with Gasteiger partial charge in [-0.3, -0.25) is 9.69 Å². The van der Waals surface area contributed by atoms with E-state index in [1.54, 1.807) is 0 Å². The van der Waals surface area contributed by atoms with Crippen molar-refractivity contribution < 1.29 is 9.53 Å². The highest BCUT2D eigenvalue weighted by Crippen LogP contribution is 2.28. The molecule has 1 amide bonds. The fraction of sp³-hybridized carbons (Fsp3) is 0.833. The van der Waals surface area contributed by atoms with Crippen molar-refractivity contribution in [3.8, 4) is 12.3 Å². The highest BCUT2D eigenvalue weighted by Gasteiger charge is 2.35. The van der Waals surface area contributed by atoms with E-state index in [0.717, 1.165) is 64.1 Å². The Hall–Kier alpha value is -0.700. The molecule has 0 aromatic carbocycles. The second kappa shape index (κ2) is 8.41. The van der Waals surface area contributed by atoms with Crippen LogP contribution in [-0.4, -0.2) is 72.1 Å². The molecule has 5 heteroatoms. The topological polar surface area (TPSA) is 32.8 Å². The number of likely N-dealkylation sites (tertiary alicyclic amines) is 1. The monoisotopic (exact) mass is 336 g/mol. The van der Waals surface area contributed by atoms with Gasteiger partial charge in [-0.05, 0) is 50.9 Å². The fourth-order valence-electron chi connectivity index (χ4n) is 3.90. The average molecular weight is 337 g/mol. The molecule has 3 fully saturated rings. The Morgan fingerprint density at radius 1 is 1.30 bits per heavy atom. The number of amides is 1. The molecule has 0 saturated carbocycles. The van der Waals surface area contributed by atoms with Crippen molar-refractivity contribution in [3.05, 3.63) is 0 Å². The van der Waals surface area contributed by atoms with Gasteiger partial charge in [0.1, 0.15) is 0 Å². The summed E-state index contributed by atoms with van der Waals surface area (Å²) in [5, 5.41) is 0. The van der Waals surface area contributed by atoms with Crippen LogP contribution in [0.3, 0.4) is 0 Å². The summed E-state index contributed by atoms with van der Waals surface area (Å²) >= 11 is 1.97. The Kier molecular flexibility index (Phi) is 6.27. The number of rotatable bonds is 5. The van der Waals surface area contributed by atoms with Crippen LogP contribution in [0.2, 0.25) is 0 Å². The Morgan fingerprint density at radius 3 is 2.74 bits per heavy atom. The summed E-state index contributed by atoms with van der Waals surface area (Å²) in [4.78, 5) is 17.6. The molecule has 3 aliphatic heterocycles. The number of nitrogens with zero attached hydrogens (tertiary/aromatic N) is 2. The second-order valence-electron chi connectivity index (χ2n) is 6.90. The molecule has 3 rings (SSSR count). The molecule has 0 aromatic heterocycles. The number of ether oxygens (including phenoxy) is 1. The highest BCUT2D eigenvalue weighted by molar-refractivity contribution is 7.99. The molecule has 0 spiro atoms. The molecular weight excluding hydrogens is 308 g/mol. The van der Waals surface area contributed by atoms with E-state index in [4.69, 9.17) is 11.2 Å². The van der Waals surface area contributed by atoms with Gasteiger partial charge in [0.05, 0.1) is 12.6 Å². The molecule has 2 unspecified atom stereocenters. The van der Waals surface area contributed by atoms with E-state index >= 15 is 0 Å². The van der Waals surface area contributed by atoms with Gasteiger partial charge in [0, 0.05) is 30.9 Å². The maximum Gasteiger partial charge on any atom is 0.226 e. The first-order valence-corrected chi connectivity index (χ1v) is 10.1. The van der Waals surface area contributed by atoms with Gasteiger partial charge in [0.15, 0.2) is 0 Å². The van der Waals surface area contributed by atoms with Crippen LogP contribution in [0, 0.1) is 18.3 Å². The molecule has 3 heterocycles. The van der Waals surface area contributed by atoms with Crippen molar-refractivity contribution >= 4 is 17.7 Å².